The van der Waals surface area contributed by atoms with Crippen molar-refractivity contribution >= 4 is 17.8 Å². The lowest BCUT2D eigenvalue weighted by molar-refractivity contribution is 0.0695. The molecule has 6 heteroatoms. The van der Waals surface area contributed by atoms with Crippen LogP contribution in [-0.2, 0) is 6.42 Å². The van der Waals surface area contributed by atoms with Gasteiger partial charge in [-0.1, -0.05) is 6.92 Å². The molecule has 0 saturated heterocycles. The largest absolute Gasteiger partial charge is 0.478 e. The topological polar surface area (TPSA) is 94.9 Å². The van der Waals surface area contributed by atoms with Crippen LogP contribution in [0.15, 0.2) is 12.1 Å². The van der Waals surface area contributed by atoms with Gasteiger partial charge in [0.15, 0.2) is 0 Å². The standard InChI is InChI=1S/C13H15NO5/c1-4-8-9(11(15)14(2)3)5-7(12(16)17)6-10(8)13(18)19/h5-6H,4H2,1-3H3,(H,16,17)(H,18,19). The minimum Gasteiger partial charge on any atom is -0.478 e. The molecule has 1 aromatic carbocycles. The van der Waals surface area contributed by atoms with Gasteiger partial charge >= 0.3 is 11.9 Å². The number of benzene rings is 1. The number of amides is 1. The van der Waals surface area contributed by atoms with Gasteiger partial charge < -0.3 is 15.1 Å². The Morgan fingerprint density at radius 1 is 1.05 bits per heavy atom. The third-order valence-corrected chi connectivity index (χ3v) is 2.72. The Kier molecular flexibility index (Phi) is 4.26. The first-order chi connectivity index (χ1) is 8.79. The summed E-state index contributed by atoms with van der Waals surface area (Å²) in [6.07, 6.45) is 0.330. The van der Waals surface area contributed by atoms with Gasteiger partial charge in [0.2, 0.25) is 0 Å². The lowest BCUT2D eigenvalue weighted by Crippen LogP contribution is -2.24. The number of carbonyl (C=O) groups is 3. The van der Waals surface area contributed by atoms with Crippen LogP contribution in [0.5, 0.6) is 0 Å². The first kappa shape index (κ1) is 14.7. The highest BCUT2D eigenvalue weighted by molar-refractivity contribution is 6.03. The van der Waals surface area contributed by atoms with Crippen LogP contribution in [0.3, 0.4) is 0 Å². The summed E-state index contributed by atoms with van der Waals surface area (Å²) in [6.45, 7) is 1.72. The van der Waals surface area contributed by atoms with E-state index in [4.69, 9.17) is 10.2 Å². The third kappa shape index (κ3) is 2.90. The van der Waals surface area contributed by atoms with Crippen molar-refractivity contribution in [2.75, 3.05) is 14.1 Å². The number of hydrogen-bond donors (Lipinski definition) is 2. The maximum absolute atomic E-state index is 12.0. The van der Waals surface area contributed by atoms with Crippen LogP contribution in [-0.4, -0.2) is 47.1 Å². The molecule has 0 unspecified atom stereocenters. The predicted octanol–water partition coefficient (Wildman–Crippen LogP) is 1.35. The van der Waals surface area contributed by atoms with E-state index in [1.807, 2.05) is 0 Å². The van der Waals surface area contributed by atoms with Crippen molar-refractivity contribution < 1.29 is 24.6 Å². The van der Waals surface area contributed by atoms with Crippen LogP contribution in [0, 0.1) is 0 Å². The van der Waals surface area contributed by atoms with Crippen LogP contribution >= 0.6 is 0 Å². The zero-order valence-corrected chi connectivity index (χ0v) is 10.9. The van der Waals surface area contributed by atoms with Crippen molar-refractivity contribution in [3.05, 3.63) is 34.4 Å². The molecule has 0 spiro atoms. The maximum atomic E-state index is 12.0. The van der Waals surface area contributed by atoms with Crippen molar-refractivity contribution in [3.8, 4) is 0 Å². The smallest absolute Gasteiger partial charge is 0.336 e. The normalized spacial score (nSPS) is 10.1. The highest BCUT2D eigenvalue weighted by Crippen LogP contribution is 2.20. The molecule has 1 rings (SSSR count). The second-order valence-corrected chi connectivity index (χ2v) is 4.21. The fourth-order valence-electron chi connectivity index (χ4n) is 1.80. The van der Waals surface area contributed by atoms with Gasteiger partial charge in [-0.05, 0) is 24.1 Å². The second kappa shape index (κ2) is 5.51. The van der Waals surface area contributed by atoms with Gasteiger partial charge in [-0.2, -0.15) is 0 Å². The molecule has 0 aliphatic rings. The molecule has 0 bridgehead atoms. The summed E-state index contributed by atoms with van der Waals surface area (Å²) in [7, 11) is 3.05. The molecule has 0 fully saturated rings. The average Bonchev–Trinajstić information content (AvgIpc) is 2.35. The van der Waals surface area contributed by atoms with Gasteiger partial charge in [-0.3, -0.25) is 4.79 Å². The molecule has 0 aliphatic carbocycles. The van der Waals surface area contributed by atoms with Crippen LogP contribution < -0.4 is 0 Å². The number of nitrogens with zero attached hydrogens (tertiary/aromatic N) is 1. The third-order valence-electron chi connectivity index (χ3n) is 2.72. The van der Waals surface area contributed by atoms with Gasteiger partial charge in [0, 0.05) is 19.7 Å². The van der Waals surface area contributed by atoms with E-state index in [0.717, 1.165) is 6.07 Å². The van der Waals surface area contributed by atoms with E-state index in [1.54, 1.807) is 6.92 Å². The summed E-state index contributed by atoms with van der Waals surface area (Å²) in [6, 6.07) is 2.30. The summed E-state index contributed by atoms with van der Waals surface area (Å²) in [5, 5.41) is 18.1. The molecule has 19 heavy (non-hydrogen) atoms. The van der Waals surface area contributed by atoms with Crippen molar-refractivity contribution in [2.45, 2.75) is 13.3 Å². The van der Waals surface area contributed by atoms with E-state index in [-0.39, 0.29) is 16.7 Å². The van der Waals surface area contributed by atoms with Crippen molar-refractivity contribution in [1.29, 1.82) is 0 Å². The second-order valence-electron chi connectivity index (χ2n) is 4.21. The number of carboxylic acid groups (broad SMARTS) is 2. The van der Waals surface area contributed by atoms with Crippen LogP contribution in [0.25, 0.3) is 0 Å². The van der Waals surface area contributed by atoms with E-state index in [0.29, 0.717) is 12.0 Å². The Morgan fingerprint density at radius 3 is 1.95 bits per heavy atom. The first-order valence-electron chi connectivity index (χ1n) is 5.64. The van der Waals surface area contributed by atoms with Gasteiger partial charge in [-0.25, -0.2) is 9.59 Å². The van der Waals surface area contributed by atoms with Gasteiger partial charge in [0.05, 0.1) is 11.1 Å². The molecule has 1 aromatic rings. The predicted molar refractivity (Wildman–Crippen MR) is 67.8 cm³/mol. The molecule has 0 aliphatic heterocycles. The number of rotatable bonds is 4. The molecule has 102 valence electrons. The monoisotopic (exact) mass is 265 g/mol. The first-order valence-corrected chi connectivity index (χ1v) is 5.64. The van der Waals surface area contributed by atoms with Crippen LogP contribution in [0.1, 0.15) is 43.6 Å². The van der Waals surface area contributed by atoms with E-state index < -0.39 is 17.8 Å². The Labute approximate surface area is 110 Å². The number of hydrogen-bond acceptors (Lipinski definition) is 3. The van der Waals surface area contributed by atoms with E-state index in [9.17, 15) is 14.4 Å². The molecule has 1 amide bonds. The molecule has 0 atom stereocenters. The average molecular weight is 265 g/mol. The Morgan fingerprint density at radius 2 is 1.58 bits per heavy atom. The number of aromatic carboxylic acids is 2. The molecular formula is C13H15NO5. The summed E-state index contributed by atoms with van der Waals surface area (Å²) >= 11 is 0. The molecule has 0 radical (unpaired) electrons. The zero-order valence-electron chi connectivity index (χ0n) is 10.9. The summed E-state index contributed by atoms with van der Waals surface area (Å²) < 4.78 is 0. The van der Waals surface area contributed by atoms with Gasteiger partial charge in [-0.15, -0.1) is 0 Å². The van der Waals surface area contributed by atoms with Crippen molar-refractivity contribution in [2.24, 2.45) is 0 Å². The molecule has 6 nitrogen and oxygen atoms in total. The van der Waals surface area contributed by atoms with Crippen LogP contribution in [0.4, 0.5) is 0 Å². The van der Waals surface area contributed by atoms with Crippen molar-refractivity contribution in [1.82, 2.24) is 4.90 Å². The Hall–Kier alpha value is -2.37. The SMILES string of the molecule is CCc1c(C(=O)O)cc(C(=O)O)cc1C(=O)N(C)C. The Bertz CT molecular complexity index is 548. The summed E-state index contributed by atoms with van der Waals surface area (Å²) in [4.78, 5) is 35.5. The van der Waals surface area contributed by atoms with Crippen LogP contribution in [0.2, 0.25) is 0 Å². The van der Waals surface area contributed by atoms with Crippen molar-refractivity contribution in [3.63, 3.8) is 0 Å². The van der Waals surface area contributed by atoms with Gasteiger partial charge in [0.25, 0.3) is 5.91 Å². The minimum absolute atomic E-state index is 0.116. The van der Waals surface area contributed by atoms with E-state index in [1.165, 1.54) is 25.1 Å². The number of carboxylic acids is 2. The molecule has 2 N–H and O–H groups in total. The van der Waals surface area contributed by atoms with E-state index in [2.05, 4.69) is 0 Å². The minimum atomic E-state index is -1.27. The van der Waals surface area contributed by atoms with Gasteiger partial charge in [0.1, 0.15) is 0 Å². The zero-order chi connectivity index (χ0) is 14.7. The molecular weight excluding hydrogens is 250 g/mol. The summed E-state index contributed by atoms with van der Waals surface area (Å²) in [5.41, 5.74) is 0.105. The maximum Gasteiger partial charge on any atom is 0.336 e. The van der Waals surface area contributed by atoms with E-state index >= 15 is 0 Å². The fraction of sp³-hybridized carbons (Fsp3) is 0.308. The quantitative estimate of drug-likeness (QED) is 0.856. The highest BCUT2D eigenvalue weighted by Gasteiger charge is 2.22. The number of carbonyl (C=O) groups excluding carboxylic acids is 1. The highest BCUT2D eigenvalue weighted by atomic mass is 16.4. The lowest BCUT2D eigenvalue weighted by atomic mass is 9.95. The molecule has 0 saturated carbocycles. The molecule has 0 heterocycles. The lowest BCUT2D eigenvalue weighted by Gasteiger charge is -2.16. The summed E-state index contributed by atoms with van der Waals surface area (Å²) in [5.74, 6) is -2.92. The Balaban J connectivity index is 3.63. The fourth-order valence-corrected chi connectivity index (χ4v) is 1.80. The molecule has 0 aromatic heterocycles.